The smallest absolute Gasteiger partial charge is 0.416 e. The number of hydrogen-bond donors (Lipinski definition) is 0. The van der Waals surface area contributed by atoms with Crippen molar-refractivity contribution in [2.24, 2.45) is 0 Å². The normalized spacial score (nSPS) is 13.5. The molecular weight excluding hydrogens is 463 g/mol. The van der Waals surface area contributed by atoms with Gasteiger partial charge in [-0.1, -0.05) is 33.9 Å². The van der Waals surface area contributed by atoms with E-state index in [1.807, 2.05) is 33.9 Å². The number of hydrogen-bond acceptors (Lipinski definition) is 5. The van der Waals surface area contributed by atoms with E-state index in [9.17, 15) is 26.4 Å². The summed E-state index contributed by atoms with van der Waals surface area (Å²) >= 11 is 0. The zero-order valence-electron chi connectivity index (χ0n) is 19.3. The van der Waals surface area contributed by atoms with Gasteiger partial charge < -0.3 is 4.74 Å². The molecule has 32 heavy (non-hydrogen) atoms. The van der Waals surface area contributed by atoms with Gasteiger partial charge in [-0.15, -0.1) is 0 Å². The predicted molar refractivity (Wildman–Crippen MR) is 118 cm³/mol. The van der Waals surface area contributed by atoms with E-state index in [4.69, 9.17) is 4.74 Å². The quantitative estimate of drug-likeness (QED) is 0.456. The molecule has 0 saturated carbocycles. The molecule has 0 aliphatic carbocycles. The number of alkyl halides is 3. The van der Waals surface area contributed by atoms with Crippen molar-refractivity contribution < 1.29 is 31.1 Å². The Kier molecular flexibility index (Phi) is 6.77. The Hall–Kier alpha value is -2.18. The minimum Gasteiger partial charge on any atom is -0.496 e. The van der Waals surface area contributed by atoms with Gasteiger partial charge in [-0.2, -0.15) is 25.9 Å². The number of ketones is 1. The Morgan fingerprint density at radius 2 is 1.72 bits per heavy atom. The van der Waals surface area contributed by atoms with E-state index in [1.54, 1.807) is 0 Å². The molecule has 0 saturated heterocycles. The van der Waals surface area contributed by atoms with E-state index < -0.39 is 35.8 Å². The third-order valence-corrected chi connectivity index (χ3v) is 12.9. The van der Waals surface area contributed by atoms with Crippen molar-refractivity contribution in [2.45, 2.75) is 45.1 Å². The molecule has 0 aliphatic rings. The molecule has 1 heterocycles. The Balaban J connectivity index is 2.74. The fourth-order valence-corrected chi connectivity index (χ4v) is 6.33. The van der Waals surface area contributed by atoms with Crippen LogP contribution in [0, 0.1) is 0 Å². The summed E-state index contributed by atoms with van der Waals surface area (Å²) in [6, 6.07) is 2.52. The molecule has 0 aliphatic heterocycles. The lowest BCUT2D eigenvalue weighted by Gasteiger charge is -2.36. The van der Waals surface area contributed by atoms with Gasteiger partial charge in [0, 0.05) is 14.1 Å². The summed E-state index contributed by atoms with van der Waals surface area (Å²) < 4.78 is 72.1. The number of ether oxygens (including phenoxy) is 1. The number of aromatic nitrogens is 2. The van der Waals surface area contributed by atoms with Crippen molar-refractivity contribution >= 4 is 29.5 Å². The second kappa shape index (κ2) is 8.30. The van der Waals surface area contributed by atoms with Crippen LogP contribution in [-0.2, 0) is 16.4 Å². The monoisotopic (exact) mass is 491 g/mol. The fraction of sp³-hybridized carbons (Fsp3) is 0.500. The summed E-state index contributed by atoms with van der Waals surface area (Å²) in [5.41, 5.74) is -1.02. The molecule has 0 bridgehead atoms. The number of imidazole rings is 1. The molecule has 1 aromatic carbocycles. The Morgan fingerprint density at radius 3 is 2.16 bits per heavy atom. The first-order valence-electron chi connectivity index (χ1n) is 9.68. The van der Waals surface area contributed by atoms with Gasteiger partial charge in [-0.3, -0.25) is 4.79 Å². The van der Waals surface area contributed by atoms with Crippen LogP contribution in [0.3, 0.4) is 0 Å². The van der Waals surface area contributed by atoms with Crippen molar-refractivity contribution in [3.63, 3.8) is 0 Å². The van der Waals surface area contributed by atoms with Crippen LogP contribution < -0.4 is 10.2 Å². The predicted octanol–water partition coefficient (Wildman–Crippen LogP) is 3.51. The maximum absolute atomic E-state index is 13.2. The average molecular weight is 492 g/mol. The molecule has 0 unspecified atom stereocenters. The summed E-state index contributed by atoms with van der Waals surface area (Å²) in [4.78, 5) is 17.6. The van der Waals surface area contributed by atoms with E-state index in [1.165, 1.54) is 14.1 Å². The lowest BCUT2D eigenvalue weighted by molar-refractivity contribution is -0.137. The molecule has 0 spiro atoms. The lowest BCUT2D eigenvalue weighted by Crippen LogP contribution is -2.56. The average Bonchev–Trinajstić information content (AvgIpc) is 3.12. The zero-order valence-corrected chi connectivity index (χ0v) is 21.1. The first kappa shape index (κ1) is 26.1. The summed E-state index contributed by atoms with van der Waals surface area (Å²) in [5.74, 6) is -1.01. The molecule has 0 amide bonds. The van der Waals surface area contributed by atoms with Gasteiger partial charge in [-0.05, 0) is 23.2 Å². The first-order valence-corrected chi connectivity index (χ1v) is 14.1. The van der Waals surface area contributed by atoms with E-state index >= 15 is 0 Å². The number of methoxy groups -OCH3 is 1. The molecule has 0 radical (unpaired) electrons. The highest BCUT2D eigenvalue weighted by Crippen LogP contribution is 2.36. The number of nitrogens with zero attached hydrogens (tertiary/aromatic N) is 3. The van der Waals surface area contributed by atoms with Crippen LogP contribution in [-0.4, -0.2) is 56.7 Å². The van der Waals surface area contributed by atoms with Crippen molar-refractivity contribution in [1.29, 1.82) is 0 Å². The SMILES string of the molecule is COc1cc(C(F)(F)F)ccc1C(=O)c1cn(S(=O)(=O)N(C)C)c([Si](C)(C)C(C)(C)C)n1. The summed E-state index contributed by atoms with van der Waals surface area (Å²) in [6.45, 7) is 9.82. The Labute approximate surface area is 187 Å². The van der Waals surface area contributed by atoms with E-state index in [2.05, 4.69) is 4.98 Å². The van der Waals surface area contributed by atoms with Gasteiger partial charge in [0.15, 0.2) is 0 Å². The molecule has 7 nitrogen and oxygen atoms in total. The van der Waals surface area contributed by atoms with Crippen LogP contribution in [0.1, 0.15) is 42.4 Å². The summed E-state index contributed by atoms with van der Waals surface area (Å²) in [7, 11) is -2.66. The van der Waals surface area contributed by atoms with Crippen LogP contribution in [0.4, 0.5) is 13.2 Å². The molecule has 2 rings (SSSR count). The fourth-order valence-electron chi connectivity index (χ4n) is 2.77. The highest BCUT2D eigenvalue weighted by atomic mass is 32.2. The van der Waals surface area contributed by atoms with E-state index in [0.29, 0.717) is 0 Å². The second-order valence-corrected chi connectivity index (χ2v) is 16.4. The number of benzene rings is 1. The highest BCUT2D eigenvalue weighted by molar-refractivity contribution is 7.87. The van der Waals surface area contributed by atoms with Crippen LogP contribution in [0.15, 0.2) is 24.4 Å². The van der Waals surface area contributed by atoms with Crippen molar-refractivity contribution in [2.75, 3.05) is 21.2 Å². The molecule has 12 heteroatoms. The minimum absolute atomic E-state index is 0.144. The third kappa shape index (κ3) is 4.62. The number of rotatable bonds is 6. The van der Waals surface area contributed by atoms with Gasteiger partial charge in [0.1, 0.15) is 25.0 Å². The number of halogens is 3. The summed E-state index contributed by atoms with van der Waals surface area (Å²) in [6.07, 6.45) is -3.48. The maximum atomic E-state index is 13.2. The Bertz CT molecular complexity index is 1130. The molecule has 178 valence electrons. The van der Waals surface area contributed by atoms with Gasteiger partial charge in [0.05, 0.1) is 24.4 Å². The van der Waals surface area contributed by atoms with Crippen LogP contribution in [0.5, 0.6) is 5.75 Å². The number of carbonyl (C=O) groups excluding carboxylic acids is 1. The maximum Gasteiger partial charge on any atom is 0.416 e. The lowest BCUT2D eigenvalue weighted by atomic mass is 10.0. The van der Waals surface area contributed by atoms with Crippen molar-refractivity contribution in [3.05, 3.63) is 41.2 Å². The van der Waals surface area contributed by atoms with Gasteiger partial charge >= 0.3 is 16.4 Å². The number of carbonyl (C=O) groups is 1. The van der Waals surface area contributed by atoms with Crippen molar-refractivity contribution in [3.8, 4) is 5.75 Å². The van der Waals surface area contributed by atoms with E-state index in [0.717, 1.165) is 39.8 Å². The largest absolute Gasteiger partial charge is 0.496 e. The Morgan fingerprint density at radius 1 is 1.16 bits per heavy atom. The molecular formula is C20H28F3N3O4SSi. The van der Waals surface area contributed by atoms with Crippen molar-refractivity contribution in [1.82, 2.24) is 13.3 Å². The molecule has 0 fully saturated rings. The third-order valence-electron chi connectivity index (χ3n) is 5.82. The van der Waals surface area contributed by atoms with Gasteiger partial charge in [0.2, 0.25) is 5.78 Å². The minimum atomic E-state index is -4.61. The van der Waals surface area contributed by atoms with E-state index in [-0.39, 0.29) is 27.5 Å². The molecule has 2 aromatic rings. The second-order valence-electron chi connectivity index (χ2n) is 9.15. The first-order chi connectivity index (χ1) is 14.4. The topological polar surface area (TPSA) is 81.5 Å². The summed E-state index contributed by atoms with van der Waals surface area (Å²) in [5, 5.41) is -0.301. The van der Waals surface area contributed by atoms with Crippen LogP contribution in [0.2, 0.25) is 18.1 Å². The van der Waals surface area contributed by atoms with Crippen LogP contribution in [0.25, 0.3) is 0 Å². The van der Waals surface area contributed by atoms with Crippen LogP contribution >= 0.6 is 0 Å². The molecule has 0 N–H and O–H groups in total. The van der Waals surface area contributed by atoms with Gasteiger partial charge in [-0.25, -0.2) is 8.96 Å². The highest BCUT2D eigenvalue weighted by Gasteiger charge is 2.44. The molecule has 0 atom stereocenters. The zero-order chi connectivity index (χ0) is 24.9. The van der Waals surface area contributed by atoms with Gasteiger partial charge in [0.25, 0.3) is 0 Å². The standard InChI is InChI=1S/C20H28F3N3O4SSi/c1-19(2,3)32(7,8)18-24-15(12-26(18)31(28,29)25(4)5)17(27)14-10-9-13(20(21,22)23)11-16(14)30-6/h9-12H,1-8H3. The molecule has 1 aromatic heterocycles.